The van der Waals surface area contributed by atoms with Gasteiger partial charge in [0.25, 0.3) is 5.69 Å². The number of nitrogens with zero attached hydrogens (tertiary/aromatic N) is 1. The maximum absolute atomic E-state index is 11.1. The fraction of sp³-hybridized carbons (Fsp3) is 0.200. The van der Waals surface area contributed by atoms with Crippen LogP contribution in [0.25, 0.3) is 0 Å². The molecule has 2 aromatic carbocycles. The van der Waals surface area contributed by atoms with E-state index in [9.17, 15) is 10.1 Å². The van der Waals surface area contributed by atoms with Gasteiger partial charge in [0.15, 0.2) is 0 Å². The zero-order chi connectivity index (χ0) is 15.4. The monoisotopic (exact) mass is 369 g/mol. The second kappa shape index (κ2) is 6.91. The molecule has 6 heteroatoms. The summed E-state index contributed by atoms with van der Waals surface area (Å²) in [7, 11) is 0. The number of hydrogen-bond donors (Lipinski definition) is 0. The highest BCUT2D eigenvalue weighted by Gasteiger charge is 2.15. The Morgan fingerprint density at radius 1 is 1.29 bits per heavy atom. The third-order valence-corrected chi connectivity index (χ3v) is 3.89. The highest BCUT2D eigenvalue weighted by molar-refractivity contribution is 9.08. The summed E-state index contributed by atoms with van der Waals surface area (Å²) in [5, 5.41) is 12.1. The van der Waals surface area contributed by atoms with Crippen molar-refractivity contribution in [3.05, 3.63) is 68.2 Å². The molecule has 0 aliphatic carbocycles. The molecule has 0 amide bonds. The Morgan fingerprint density at radius 2 is 2.05 bits per heavy atom. The van der Waals surface area contributed by atoms with Gasteiger partial charge in [-0.15, -0.1) is 0 Å². The third-order valence-electron chi connectivity index (χ3n) is 3.05. The zero-order valence-electron chi connectivity index (χ0n) is 11.3. The molecule has 0 bridgehead atoms. The molecule has 0 heterocycles. The number of halogens is 2. The molecule has 0 aromatic heterocycles. The second-order valence-corrected chi connectivity index (χ2v) is 5.51. The summed E-state index contributed by atoms with van der Waals surface area (Å²) in [4.78, 5) is 10.6. The number of ether oxygens (including phenoxy) is 1. The molecule has 21 heavy (non-hydrogen) atoms. The van der Waals surface area contributed by atoms with E-state index in [1.807, 2.05) is 25.1 Å². The van der Waals surface area contributed by atoms with Crippen LogP contribution in [0.2, 0.25) is 5.02 Å². The van der Waals surface area contributed by atoms with Gasteiger partial charge in [0, 0.05) is 22.0 Å². The summed E-state index contributed by atoms with van der Waals surface area (Å²) in [6, 6.07) is 10.4. The van der Waals surface area contributed by atoms with Crippen molar-refractivity contribution in [1.82, 2.24) is 0 Å². The molecule has 0 N–H and O–H groups in total. The molecule has 0 spiro atoms. The van der Waals surface area contributed by atoms with Crippen LogP contribution in [0.4, 0.5) is 5.69 Å². The van der Waals surface area contributed by atoms with Crippen LogP contribution in [0.15, 0.2) is 36.4 Å². The molecule has 0 saturated carbocycles. The highest BCUT2D eigenvalue weighted by atomic mass is 79.9. The molecule has 0 aliphatic heterocycles. The first-order valence-electron chi connectivity index (χ1n) is 6.23. The third kappa shape index (κ3) is 3.74. The molecule has 2 aromatic rings. The topological polar surface area (TPSA) is 52.4 Å². The van der Waals surface area contributed by atoms with E-state index in [0.29, 0.717) is 15.9 Å². The number of nitro groups is 1. The molecular formula is C15H13BrClNO3. The van der Waals surface area contributed by atoms with Gasteiger partial charge in [-0.25, -0.2) is 0 Å². The quantitative estimate of drug-likeness (QED) is 0.421. The minimum absolute atomic E-state index is 0.0310. The van der Waals surface area contributed by atoms with Gasteiger partial charge in [-0.1, -0.05) is 45.7 Å². The lowest BCUT2D eigenvalue weighted by atomic mass is 10.1. The molecule has 0 unspecified atom stereocenters. The van der Waals surface area contributed by atoms with Crippen molar-refractivity contribution in [3.8, 4) is 5.75 Å². The summed E-state index contributed by atoms with van der Waals surface area (Å²) in [5.74, 6) is 0.749. The Bertz CT molecular complexity index is 676. The summed E-state index contributed by atoms with van der Waals surface area (Å²) in [6.07, 6.45) is 0. The molecule has 4 nitrogen and oxygen atoms in total. The lowest BCUT2D eigenvalue weighted by molar-refractivity contribution is -0.385. The van der Waals surface area contributed by atoms with Crippen molar-refractivity contribution in [3.63, 3.8) is 0 Å². The Hall–Kier alpha value is -1.59. The van der Waals surface area contributed by atoms with E-state index < -0.39 is 4.92 Å². The van der Waals surface area contributed by atoms with E-state index >= 15 is 0 Å². The maximum Gasteiger partial charge on any atom is 0.277 e. The fourth-order valence-electron chi connectivity index (χ4n) is 2.00. The minimum atomic E-state index is -0.451. The summed E-state index contributed by atoms with van der Waals surface area (Å²) in [6.45, 7) is 2.07. The number of benzene rings is 2. The van der Waals surface area contributed by atoms with Gasteiger partial charge in [0.1, 0.15) is 12.4 Å². The largest absolute Gasteiger partial charge is 0.488 e. The molecule has 0 saturated heterocycles. The van der Waals surface area contributed by atoms with Crippen LogP contribution < -0.4 is 4.74 Å². The number of aryl methyl sites for hydroxylation is 1. The Balaban J connectivity index is 2.27. The van der Waals surface area contributed by atoms with E-state index in [1.54, 1.807) is 12.1 Å². The first kappa shape index (κ1) is 15.8. The molecule has 2 rings (SSSR count). The van der Waals surface area contributed by atoms with Crippen LogP contribution in [-0.2, 0) is 11.9 Å². The predicted molar refractivity (Wildman–Crippen MR) is 86.2 cm³/mol. The van der Waals surface area contributed by atoms with E-state index in [2.05, 4.69) is 15.9 Å². The lowest BCUT2D eigenvalue weighted by Gasteiger charge is -2.13. The predicted octanol–water partition coefficient (Wildman–Crippen LogP) is 5.03. The Labute approximate surface area is 136 Å². The van der Waals surface area contributed by atoms with Crippen LogP contribution in [0.3, 0.4) is 0 Å². The molecule has 0 fully saturated rings. The first-order valence-corrected chi connectivity index (χ1v) is 7.73. The number of alkyl halides is 1. The van der Waals surface area contributed by atoms with Crippen LogP contribution >= 0.6 is 27.5 Å². The molecule has 110 valence electrons. The normalized spacial score (nSPS) is 10.4. The lowest BCUT2D eigenvalue weighted by Crippen LogP contribution is -2.03. The molecular weight excluding hydrogens is 358 g/mol. The summed E-state index contributed by atoms with van der Waals surface area (Å²) < 4.78 is 5.80. The van der Waals surface area contributed by atoms with Crippen molar-refractivity contribution in [1.29, 1.82) is 0 Å². The van der Waals surface area contributed by atoms with Crippen molar-refractivity contribution in [2.24, 2.45) is 0 Å². The molecule has 0 atom stereocenters. The zero-order valence-corrected chi connectivity index (χ0v) is 13.6. The first-order chi connectivity index (χ1) is 10.0. The second-order valence-electron chi connectivity index (χ2n) is 4.52. The standard InChI is InChI=1S/C15H13BrClNO3/c1-10-3-2-4-11(8-16)15(10)21-9-12-5-6-13(17)7-14(12)18(19)20/h2-7H,8-9H2,1H3. The average molecular weight is 371 g/mol. The molecule has 0 radical (unpaired) electrons. The van der Waals surface area contributed by atoms with Crippen LogP contribution in [-0.4, -0.2) is 4.92 Å². The van der Waals surface area contributed by atoms with E-state index in [1.165, 1.54) is 6.07 Å². The summed E-state index contributed by atoms with van der Waals surface area (Å²) >= 11 is 9.21. The van der Waals surface area contributed by atoms with Gasteiger partial charge in [-0.05, 0) is 24.6 Å². The van der Waals surface area contributed by atoms with Gasteiger partial charge < -0.3 is 4.74 Å². The number of rotatable bonds is 5. The van der Waals surface area contributed by atoms with Gasteiger partial charge in [0.05, 0.1) is 10.5 Å². The van der Waals surface area contributed by atoms with Crippen molar-refractivity contribution >= 4 is 33.2 Å². The number of para-hydroxylation sites is 1. The highest BCUT2D eigenvalue weighted by Crippen LogP contribution is 2.29. The van der Waals surface area contributed by atoms with Crippen LogP contribution in [0, 0.1) is 17.0 Å². The van der Waals surface area contributed by atoms with Crippen molar-refractivity contribution in [2.75, 3.05) is 0 Å². The van der Waals surface area contributed by atoms with Crippen molar-refractivity contribution < 1.29 is 9.66 Å². The van der Waals surface area contributed by atoms with Crippen LogP contribution in [0.1, 0.15) is 16.7 Å². The van der Waals surface area contributed by atoms with E-state index in [-0.39, 0.29) is 12.3 Å². The number of nitro benzene ring substituents is 1. The average Bonchev–Trinajstić information content (AvgIpc) is 2.46. The smallest absolute Gasteiger partial charge is 0.277 e. The van der Waals surface area contributed by atoms with Crippen molar-refractivity contribution in [2.45, 2.75) is 18.9 Å². The Kier molecular flexibility index (Phi) is 5.20. The van der Waals surface area contributed by atoms with Gasteiger partial charge in [0.2, 0.25) is 0 Å². The van der Waals surface area contributed by atoms with E-state index in [4.69, 9.17) is 16.3 Å². The van der Waals surface area contributed by atoms with Gasteiger partial charge in [-0.2, -0.15) is 0 Å². The SMILES string of the molecule is Cc1cccc(CBr)c1OCc1ccc(Cl)cc1[N+](=O)[O-]. The number of hydrogen-bond acceptors (Lipinski definition) is 3. The van der Waals surface area contributed by atoms with E-state index in [0.717, 1.165) is 16.9 Å². The summed E-state index contributed by atoms with van der Waals surface area (Å²) in [5.41, 5.74) is 2.46. The van der Waals surface area contributed by atoms with Crippen LogP contribution in [0.5, 0.6) is 5.75 Å². The molecule has 0 aliphatic rings. The maximum atomic E-state index is 11.1. The van der Waals surface area contributed by atoms with Gasteiger partial charge in [-0.3, -0.25) is 10.1 Å². The fourth-order valence-corrected chi connectivity index (χ4v) is 2.61. The minimum Gasteiger partial charge on any atom is -0.488 e. The Morgan fingerprint density at radius 3 is 2.71 bits per heavy atom. The van der Waals surface area contributed by atoms with Gasteiger partial charge >= 0.3 is 0 Å².